The summed E-state index contributed by atoms with van der Waals surface area (Å²) in [6.45, 7) is 2.27. The summed E-state index contributed by atoms with van der Waals surface area (Å²) in [5.74, 6) is 0.103. The second-order valence-corrected chi connectivity index (χ2v) is 4.45. The smallest absolute Gasteiger partial charge is 0.237 e. The van der Waals surface area contributed by atoms with E-state index in [1.54, 1.807) is 7.11 Å². The van der Waals surface area contributed by atoms with Crippen molar-refractivity contribution in [1.82, 2.24) is 10.6 Å². The van der Waals surface area contributed by atoms with Gasteiger partial charge in [0.15, 0.2) is 0 Å². The molecule has 2 N–H and O–H groups in total. The second-order valence-electron chi connectivity index (χ2n) is 4.45. The van der Waals surface area contributed by atoms with Crippen LogP contribution in [0.1, 0.15) is 19.3 Å². The molecule has 0 aromatic rings. The van der Waals surface area contributed by atoms with Crippen LogP contribution < -0.4 is 10.6 Å². The Kier molecular flexibility index (Phi) is 4.15. The van der Waals surface area contributed by atoms with Gasteiger partial charge in [0.2, 0.25) is 5.91 Å². The molecule has 5 heteroatoms. The lowest BCUT2D eigenvalue weighted by molar-refractivity contribution is -0.124. The van der Waals surface area contributed by atoms with Crippen molar-refractivity contribution in [3.05, 3.63) is 0 Å². The minimum Gasteiger partial charge on any atom is -0.381 e. The van der Waals surface area contributed by atoms with Gasteiger partial charge in [-0.2, -0.15) is 0 Å². The first-order valence-electron chi connectivity index (χ1n) is 5.94. The van der Waals surface area contributed by atoms with Gasteiger partial charge in [0.25, 0.3) is 0 Å². The van der Waals surface area contributed by atoms with Gasteiger partial charge in [-0.05, 0) is 19.3 Å². The molecule has 92 valence electrons. The number of hydrogen-bond acceptors (Lipinski definition) is 4. The molecule has 16 heavy (non-hydrogen) atoms. The number of ether oxygens (including phenoxy) is 2. The fourth-order valence-electron chi connectivity index (χ4n) is 2.23. The molecule has 2 aliphatic rings. The predicted molar refractivity (Wildman–Crippen MR) is 59.2 cm³/mol. The Labute approximate surface area is 95.9 Å². The molecule has 0 aromatic heterocycles. The van der Waals surface area contributed by atoms with E-state index in [-0.39, 0.29) is 24.1 Å². The third-order valence-electron chi connectivity index (χ3n) is 3.31. The fourth-order valence-corrected chi connectivity index (χ4v) is 2.23. The van der Waals surface area contributed by atoms with Gasteiger partial charge in [-0.15, -0.1) is 0 Å². The number of methoxy groups -OCH3 is 1. The van der Waals surface area contributed by atoms with Gasteiger partial charge in [0.05, 0.1) is 12.1 Å². The zero-order valence-electron chi connectivity index (χ0n) is 9.70. The number of rotatable bonds is 3. The quantitative estimate of drug-likeness (QED) is 0.694. The van der Waals surface area contributed by atoms with Gasteiger partial charge in [0.1, 0.15) is 0 Å². The van der Waals surface area contributed by atoms with Crippen LogP contribution in [-0.4, -0.2) is 51.0 Å². The van der Waals surface area contributed by atoms with E-state index in [0.717, 1.165) is 39.0 Å². The second kappa shape index (κ2) is 5.61. The largest absolute Gasteiger partial charge is 0.381 e. The van der Waals surface area contributed by atoms with Crippen molar-refractivity contribution < 1.29 is 14.3 Å². The fraction of sp³-hybridized carbons (Fsp3) is 0.909. The first-order chi connectivity index (χ1) is 7.79. The highest BCUT2D eigenvalue weighted by molar-refractivity contribution is 5.82. The zero-order chi connectivity index (χ0) is 11.4. The normalized spacial score (nSPS) is 31.6. The maximum Gasteiger partial charge on any atom is 0.237 e. The van der Waals surface area contributed by atoms with Gasteiger partial charge in [-0.25, -0.2) is 0 Å². The molecule has 2 fully saturated rings. The topological polar surface area (TPSA) is 59.6 Å². The molecule has 1 amide bonds. The van der Waals surface area contributed by atoms with Crippen molar-refractivity contribution in [1.29, 1.82) is 0 Å². The Morgan fingerprint density at radius 3 is 2.81 bits per heavy atom. The van der Waals surface area contributed by atoms with E-state index in [1.807, 2.05) is 0 Å². The van der Waals surface area contributed by atoms with E-state index >= 15 is 0 Å². The highest BCUT2D eigenvalue weighted by Gasteiger charge is 2.30. The number of amides is 1. The van der Waals surface area contributed by atoms with Gasteiger partial charge in [-0.1, -0.05) is 0 Å². The summed E-state index contributed by atoms with van der Waals surface area (Å²) in [6.07, 6.45) is 2.79. The van der Waals surface area contributed by atoms with Gasteiger partial charge in [-0.3, -0.25) is 4.79 Å². The van der Waals surface area contributed by atoms with Crippen molar-refractivity contribution in [3.8, 4) is 0 Å². The van der Waals surface area contributed by atoms with E-state index in [9.17, 15) is 4.79 Å². The summed E-state index contributed by atoms with van der Waals surface area (Å²) < 4.78 is 10.5. The standard InChI is InChI=1S/C11H20N2O3/c1-15-9-6-10(12-7-9)11(14)13-8-2-4-16-5-3-8/h8-10,12H,2-7H2,1H3,(H,13,14). The van der Waals surface area contributed by atoms with Crippen molar-refractivity contribution >= 4 is 5.91 Å². The minimum atomic E-state index is -0.0900. The molecule has 2 aliphatic heterocycles. The SMILES string of the molecule is COC1CNC(C(=O)NC2CCOCC2)C1. The molecule has 0 saturated carbocycles. The lowest BCUT2D eigenvalue weighted by atomic mass is 10.1. The lowest BCUT2D eigenvalue weighted by Crippen LogP contribution is -2.46. The highest BCUT2D eigenvalue weighted by Crippen LogP contribution is 2.11. The van der Waals surface area contributed by atoms with Crippen LogP contribution in [0.25, 0.3) is 0 Å². The van der Waals surface area contributed by atoms with Crippen LogP contribution in [0.2, 0.25) is 0 Å². The van der Waals surface area contributed by atoms with Crippen molar-refractivity contribution in [3.63, 3.8) is 0 Å². The number of carbonyl (C=O) groups is 1. The maximum absolute atomic E-state index is 11.9. The zero-order valence-corrected chi connectivity index (χ0v) is 9.70. The average molecular weight is 228 g/mol. The molecule has 2 unspecified atom stereocenters. The van der Waals surface area contributed by atoms with E-state index < -0.39 is 0 Å². The van der Waals surface area contributed by atoms with Crippen LogP contribution in [0.4, 0.5) is 0 Å². The van der Waals surface area contributed by atoms with Crippen LogP contribution in [0, 0.1) is 0 Å². The van der Waals surface area contributed by atoms with E-state index in [4.69, 9.17) is 9.47 Å². The Hall–Kier alpha value is -0.650. The summed E-state index contributed by atoms with van der Waals surface area (Å²) in [4.78, 5) is 11.9. The van der Waals surface area contributed by atoms with E-state index in [2.05, 4.69) is 10.6 Å². The predicted octanol–water partition coefficient (Wildman–Crippen LogP) is -0.341. The monoisotopic (exact) mass is 228 g/mol. The Balaban J connectivity index is 1.75. The molecule has 0 bridgehead atoms. The molecule has 2 heterocycles. The van der Waals surface area contributed by atoms with Crippen LogP contribution in [0.3, 0.4) is 0 Å². The van der Waals surface area contributed by atoms with E-state index in [0.29, 0.717) is 0 Å². The molecule has 0 radical (unpaired) electrons. The van der Waals surface area contributed by atoms with Gasteiger partial charge >= 0.3 is 0 Å². The minimum absolute atomic E-state index is 0.0900. The van der Waals surface area contributed by atoms with Crippen LogP contribution in [0.15, 0.2) is 0 Å². The summed E-state index contributed by atoms with van der Waals surface area (Å²) >= 11 is 0. The Morgan fingerprint density at radius 2 is 2.19 bits per heavy atom. The average Bonchev–Trinajstić information content (AvgIpc) is 2.79. The third-order valence-corrected chi connectivity index (χ3v) is 3.31. The maximum atomic E-state index is 11.9. The molecule has 2 saturated heterocycles. The first-order valence-corrected chi connectivity index (χ1v) is 5.94. The van der Waals surface area contributed by atoms with Crippen molar-refractivity contribution in [2.45, 2.75) is 37.5 Å². The van der Waals surface area contributed by atoms with Crippen LogP contribution >= 0.6 is 0 Å². The molecular weight excluding hydrogens is 208 g/mol. The molecule has 0 aliphatic carbocycles. The molecule has 0 aromatic carbocycles. The molecule has 2 rings (SSSR count). The molecule has 2 atom stereocenters. The van der Waals surface area contributed by atoms with Crippen LogP contribution in [0.5, 0.6) is 0 Å². The lowest BCUT2D eigenvalue weighted by Gasteiger charge is -2.24. The molecule has 0 spiro atoms. The van der Waals surface area contributed by atoms with E-state index in [1.165, 1.54) is 0 Å². The van der Waals surface area contributed by atoms with Crippen molar-refractivity contribution in [2.75, 3.05) is 26.9 Å². The Bertz CT molecular complexity index is 241. The summed E-state index contributed by atoms with van der Waals surface area (Å²) in [5, 5.41) is 6.25. The Morgan fingerprint density at radius 1 is 1.44 bits per heavy atom. The number of nitrogens with one attached hydrogen (secondary N) is 2. The summed E-state index contributed by atoms with van der Waals surface area (Å²) in [7, 11) is 1.69. The van der Waals surface area contributed by atoms with Crippen molar-refractivity contribution in [2.24, 2.45) is 0 Å². The van der Waals surface area contributed by atoms with Gasteiger partial charge in [0, 0.05) is 32.9 Å². The summed E-state index contributed by atoms with van der Waals surface area (Å²) in [6, 6.07) is 0.192. The number of carbonyl (C=O) groups excluding carboxylic acids is 1. The molecular formula is C11H20N2O3. The summed E-state index contributed by atoms with van der Waals surface area (Å²) in [5.41, 5.74) is 0. The van der Waals surface area contributed by atoms with Gasteiger partial charge < -0.3 is 20.1 Å². The molecule has 5 nitrogen and oxygen atoms in total. The number of hydrogen-bond donors (Lipinski definition) is 2. The van der Waals surface area contributed by atoms with Crippen LogP contribution in [-0.2, 0) is 14.3 Å². The first kappa shape index (κ1) is 11.8. The third kappa shape index (κ3) is 2.93. The highest BCUT2D eigenvalue weighted by atomic mass is 16.5.